The number of nitrogens with two attached hydrogens (primary N) is 1. The van der Waals surface area contributed by atoms with Crippen molar-refractivity contribution in [2.24, 2.45) is 5.73 Å². The van der Waals surface area contributed by atoms with E-state index in [-0.39, 0.29) is 0 Å². The third-order valence-corrected chi connectivity index (χ3v) is 3.45. The summed E-state index contributed by atoms with van der Waals surface area (Å²) in [6.07, 6.45) is 3.45. The maximum Gasteiger partial charge on any atom is 0.317 e. The van der Waals surface area contributed by atoms with Crippen LogP contribution in [-0.2, 0) is 0 Å². The largest absolute Gasteiger partial charge is 0.455 e. The lowest BCUT2D eigenvalue weighted by Crippen LogP contribution is -2.20. The van der Waals surface area contributed by atoms with Crippen molar-refractivity contribution in [1.29, 1.82) is 0 Å². The van der Waals surface area contributed by atoms with E-state index in [4.69, 9.17) is 10.5 Å². The van der Waals surface area contributed by atoms with Gasteiger partial charge in [0.1, 0.15) is 17.3 Å². The Morgan fingerprint density at radius 3 is 2.64 bits per heavy atom. The lowest BCUT2D eigenvalue weighted by Gasteiger charge is -2.10. The molecule has 0 fully saturated rings. The molecule has 0 aromatic carbocycles. The number of nitrogens with zero attached hydrogens (tertiary/aromatic N) is 3. The van der Waals surface area contributed by atoms with Gasteiger partial charge in [0, 0.05) is 29.7 Å². The first kappa shape index (κ1) is 16.4. The predicted octanol–water partition coefficient (Wildman–Crippen LogP) is 3.44. The maximum atomic E-state index is 10.9. The summed E-state index contributed by atoms with van der Waals surface area (Å²) in [6.45, 7) is 3.72. The normalized spacial score (nSPS) is 10.3. The molecular formula is C18H17N5O2. The molecule has 3 rings (SSSR count). The minimum atomic E-state index is -0.661. The highest BCUT2D eigenvalue weighted by molar-refractivity contribution is 5.86. The number of urea groups is 1. The molecule has 3 heterocycles. The topological polar surface area (TPSA) is 103 Å². The Hall–Kier alpha value is -3.48. The minimum Gasteiger partial charge on any atom is -0.455 e. The highest BCUT2D eigenvalue weighted by Crippen LogP contribution is 2.27. The Balaban J connectivity index is 1.82. The first-order chi connectivity index (χ1) is 12.0. The molecule has 3 aromatic heterocycles. The van der Waals surface area contributed by atoms with E-state index in [9.17, 15) is 4.79 Å². The summed E-state index contributed by atoms with van der Waals surface area (Å²) in [4.78, 5) is 23.7. The molecule has 3 aromatic rings. The molecule has 25 heavy (non-hydrogen) atoms. The van der Waals surface area contributed by atoms with Crippen LogP contribution in [0.1, 0.15) is 11.4 Å². The molecular weight excluding hydrogens is 318 g/mol. The van der Waals surface area contributed by atoms with Gasteiger partial charge in [-0.3, -0.25) is 15.3 Å². The van der Waals surface area contributed by atoms with Crippen LogP contribution in [0.3, 0.4) is 0 Å². The molecule has 2 amide bonds. The Labute approximate surface area is 144 Å². The standard InChI is InChI=1S/C18H17N5O2/c1-11-3-4-13(10-21-11)15-9-14(7-8-20-15)25-16-5-6-17(22-12(16)2)23-18(19)24/h3-10H,1-2H3,(H3,19,22,23,24). The Morgan fingerprint density at radius 2 is 1.96 bits per heavy atom. The van der Waals surface area contributed by atoms with Crippen molar-refractivity contribution >= 4 is 11.8 Å². The first-order valence-electron chi connectivity index (χ1n) is 7.62. The van der Waals surface area contributed by atoms with Gasteiger partial charge >= 0.3 is 6.03 Å². The fourth-order valence-electron chi connectivity index (χ4n) is 2.23. The molecule has 0 aliphatic rings. The molecule has 0 atom stereocenters. The van der Waals surface area contributed by atoms with Gasteiger partial charge in [-0.1, -0.05) is 0 Å². The van der Waals surface area contributed by atoms with Gasteiger partial charge in [0.25, 0.3) is 0 Å². The first-order valence-corrected chi connectivity index (χ1v) is 7.62. The van der Waals surface area contributed by atoms with Gasteiger partial charge in [0.05, 0.1) is 11.4 Å². The van der Waals surface area contributed by atoms with E-state index >= 15 is 0 Å². The second-order valence-electron chi connectivity index (χ2n) is 5.44. The summed E-state index contributed by atoms with van der Waals surface area (Å²) in [6, 6.07) is 10.2. The molecule has 0 radical (unpaired) electrons. The number of aromatic nitrogens is 3. The molecule has 0 unspecified atom stereocenters. The number of carbonyl (C=O) groups is 1. The zero-order valence-corrected chi connectivity index (χ0v) is 13.9. The molecule has 0 saturated heterocycles. The molecule has 0 aliphatic carbocycles. The van der Waals surface area contributed by atoms with Crippen LogP contribution in [0.25, 0.3) is 11.3 Å². The fourth-order valence-corrected chi connectivity index (χ4v) is 2.23. The zero-order valence-electron chi connectivity index (χ0n) is 13.9. The van der Waals surface area contributed by atoms with Gasteiger partial charge in [0.15, 0.2) is 0 Å². The summed E-state index contributed by atoms with van der Waals surface area (Å²) < 4.78 is 5.89. The van der Waals surface area contributed by atoms with Crippen LogP contribution in [0.4, 0.5) is 10.6 Å². The molecule has 7 heteroatoms. The van der Waals surface area contributed by atoms with Gasteiger partial charge < -0.3 is 10.5 Å². The van der Waals surface area contributed by atoms with Crippen molar-refractivity contribution in [3.63, 3.8) is 0 Å². The number of nitrogens with one attached hydrogen (secondary N) is 1. The van der Waals surface area contributed by atoms with Gasteiger partial charge in [-0.15, -0.1) is 0 Å². The number of amides is 2. The number of ether oxygens (including phenoxy) is 1. The van der Waals surface area contributed by atoms with Crippen molar-refractivity contribution in [2.75, 3.05) is 5.32 Å². The van der Waals surface area contributed by atoms with E-state index in [1.807, 2.05) is 25.1 Å². The monoisotopic (exact) mass is 335 g/mol. The van der Waals surface area contributed by atoms with Crippen LogP contribution >= 0.6 is 0 Å². The van der Waals surface area contributed by atoms with E-state index in [1.165, 1.54) is 0 Å². The van der Waals surface area contributed by atoms with E-state index in [0.717, 1.165) is 17.0 Å². The lowest BCUT2D eigenvalue weighted by atomic mass is 10.2. The molecule has 7 nitrogen and oxygen atoms in total. The van der Waals surface area contributed by atoms with Crippen LogP contribution in [0, 0.1) is 13.8 Å². The molecule has 0 aliphatic heterocycles. The summed E-state index contributed by atoms with van der Waals surface area (Å²) in [5.74, 6) is 1.58. The number of pyridine rings is 3. The number of hydrogen-bond acceptors (Lipinski definition) is 5. The van der Waals surface area contributed by atoms with Gasteiger partial charge in [0.2, 0.25) is 0 Å². The average molecular weight is 335 g/mol. The van der Waals surface area contributed by atoms with E-state index in [1.54, 1.807) is 37.5 Å². The second-order valence-corrected chi connectivity index (χ2v) is 5.44. The summed E-state index contributed by atoms with van der Waals surface area (Å²) in [7, 11) is 0. The number of carbonyl (C=O) groups excluding carboxylic acids is 1. The van der Waals surface area contributed by atoms with Gasteiger partial charge in [-0.05, 0) is 44.2 Å². The third-order valence-electron chi connectivity index (χ3n) is 3.45. The lowest BCUT2D eigenvalue weighted by molar-refractivity contribution is 0.259. The second kappa shape index (κ2) is 6.96. The summed E-state index contributed by atoms with van der Waals surface area (Å²) in [5.41, 5.74) is 8.33. The van der Waals surface area contributed by atoms with Crippen LogP contribution in [0.2, 0.25) is 0 Å². The predicted molar refractivity (Wildman–Crippen MR) is 94.5 cm³/mol. The number of hydrogen-bond donors (Lipinski definition) is 2. The van der Waals surface area contributed by atoms with Crippen LogP contribution < -0.4 is 15.8 Å². The average Bonchev–Trinajstić information content (AvgIpc) is 2.58. The van der Waals surface area contributed by atoms with Crippen molar-refractivity contribution in [3.05, 3.63) is 60.2 Å². The summed E-state index contributed by atoms with van der Waals surface area (Å²) >= 11 is 0. The quantitative estimate of drug-likeness (QED) is 0.760. The minimum absolute atomic E-state index is 0.374. The van der Waals surface area contributed by atoms with Gasteiger partial charge in [-0.25, -0.2) is 9.78 Å². The zero-order chi connectivity index (χ0) is 17.8. The fraction of sp³-hybridized carbons (Fsp3) is 0.111. The maximum absolute atomic E-state index is 10.9. The third kappa shape index (κ3) is 4.08. The number of primary amides is 1. The molecule has 3 N–H and O–H groups in total. The molecule has 0 bridgehead atoms. The number of anilines is 1. The SMILES string of the molecule is Cc1ccc(-c2cc(Oc3ccc(NC(N)=O)nc3C)ccn2)cn1. The van der Waals surface area contributed by atoms with Crippen LogP contribution in [-0.4, -0.2) is 21.0 Å². The van der Waals surface area contributed by atoms with Crippen molar-refractivity contribution in [3.8, 4) is 22.8 Å². The highest BCUT2D eigenvalue weighted by Gasteiger charge is 2.07. The number of aryl methyl sites for hydroxylation is 2. The van der Waals surface area contributed by atoms with E-state index in [0.29, 0.717) is 23.0 Å². The van der Waals surface area contributed by atoms with Gasteiger partial charge in [-0.2, -0.15) is 0 Å². The molecule has 126 valence electrons. The number of rotatable bonds is 4. The Morgan fingerprint density at radius 1 is 1.12 bits per heavy atom. The highest BCUT2D eigenvalue weighted by atomic mass is 16.5. The van der Waals surface area contributed by atoms with Crippen molar-refractivity contribution in [2.45, 2.75) is 13.8 Å². The Kier molecular flexibility index (Phi) is 4.56. The van der Waals surface area contributed by atoms with E-state index in [2.05, 4.69) is 20.3 Å². The van der Waals surface area contributed by atoms with E-state index < -0.39 is 6.03 Å². The smallest absolute Gasteiger partial charge is 0.317 e. The summed E-state index contributed by atoms with van der Waals surface area (Å²) in [5, 5.41) is 2.43. The Bertz CT molecular complexity index is 910. The molecule has 0 spiro atoms. The van der Waals surface area contributed by atoms with Crippen LogP contribution in [0.15, 0.2) is 48.8 Å². The molecule has 0 saturated carbocycles. The van der Waals surface area contributed by atoms with Crippen LogP contribution in [0.5, 0.6) is 11.5 Å². The van der Waals surface area contributed by atoms with Crippen molar-refractivity contribution in [1.82, 2.24) is 15.0 Å². The van der Waals surface area contributed by atoms with Crippen molar-refractivity contribution < 1.29 is 9.53 Å².